The second-order valence-electron chi connectivity index (χ2n) is 5.82. The number of hydrogen-bond donors (Lipinski definition) is 2. The Morgan fingerprint density at radius 1 is 1.50 bits per heavy atom. The average molecular weight is 270 g/mol. The summed E-state index contributed by atoms with van der Waals surface area (Å²) in [6, 6.07) is -0.509. The molecular formula is C13H22N2O2S. The minimum absolute atomic E-state index is 0.0488. The van der Waals surface area contributed by atoms with Gasteiger partial charge in [0.05, 0.1) is 5.01 Å². The zero-order valence-electron chi connectivity index (χ0n) is 11.7. The summed E-state index contributed by atoms with van der Waals surface area (Å²) in [5.41, 5.74) is 0.0488. The van der Waals surface area contributed by atoms with Gasteiger partial charge in [-0.2, -0.15) is 0 Å². The van der Waals surface area contributed by atoms with Crippen LogP contribution in [0.15, 0.2) is 6.20 Å². The maximum atomic E-state index is 11.1. The van der Waals surface area contributed by atoms with Crippen LogP contribution in [0.2, 0.25) is 0 Å². The molecule has 0 unspecified atom stereocenters. The van der Waals surface area contributed by atoms with E-state index < -0.39 is 12.0 Å². The molecule has 1 heterocycles. The summed E-state index contributed by atoms with van der Waals surface area (Å²) >= 11 is 1.64. The summed E-state index contributed by atoms with van der Waals surface area (Å²) in [6.45, 7) is 10.7. The van der Waals surface area contributed by atoms with Crippen molar-refractivity contribution in [3.8, 4) is 0 Å². The minimum atomic E-state index is -0.800. The van der Waals surface area contributed by atoms with Crippen LogP contribution in [-0.4, -0.2) is 22.1 Å². The summed E-state index contributed by atoms with van der Waals surface area (Å²) in [5, 5.41) is 13.2. The number of aromatic nitrogens is 1. The van der Waals surface area contributed by atoms with Crippen LogP contribution < -0.4 is 5.32 Å². The van der Waals surface area contributed by atoms with E-state index in [9.17, 15) is 4.79 Å². The quantitative estimate of drug-likeness (QED) is 0.863. The Morgan fingerprint density at radius 3 is 2.50 bits per heavy atom. The van der Waals surface area contributed by atoms with Crippen LogP contribution in [-0.2, 0) is 16.8 Å². The molecule has 0 saturated heterocycles. The van der Waals surface area contributed by atoms with Gasteiger partial charge in [0.1, 0.15) is 6.04 Å². The van der Waals surface area contributed by atoms with Crippen molar-refractivity contribution in [1.82, 2.24) is 10.3 Å². The first-order chi connectivity index (χ1) is 8.21. The summed E-state index contributed by atoms with van der Waals surface area (Å²) in [5.74, 6) is -0.733. The van der Waals surface area contributed by atoms with E-state index >= 15 is 0 Å². The molecule has 18 heavy (non-hydrogen) atoms. The number of nitrogens with zero attached hydrogens (tertiary/aromatic N) is 1. The molecule has 0 amide bonds. The third-order valence-electron chi connectivity index (χ3n) is 2.62. The Balaban J connectivity index is 2.63. The standard InChI is InChI=1S/C13H22N2O2S/c1-8(2)10(11(16)17)14-6-9-7-15-12(18-9)13(3,4)5/h7-8,10,14H,6H2,1-5H3,(H,16,17)/t10-/m1/s1. The molecule has 0 fully saturated rings. The van der Waals surface area contributed by atoms with E-state index in [1.807, 2.05) is 20.0 Å². The maximum Gasteiger partial charge on any atom is 0.320 e. The molecule has 1 aromatic heterocycles. The smallest absolute Gasteiger partial charge is 0.320 e. The lowest BCUT2D eigenvalue weighted by atomic mass is 9.98. The Kier molecular flexibility index (Phi) is 4.87. The molecule has 1 aromatic rings. The average Bonchev–Trinajstić information content (AvgIpc) is 2.64. The van der Waals surface area contributed by atoms with E-state index in [4.69, 9.17) is 5.11 Å². The highest BCUT2D eigenvalue weighted by molar-refractivity contribution is 7.11. The van der Waals surface area contributed by atoms with E-state index in [2.05, 4.69) is 31.1 Å². The first-order valence-corrected chi connectivity index (χ1v) is 6.95. The van der Waals surface area contributed by atoms with Gasteiger partial charge in [-0.05, 0) is 5.92 Å². The molecule has 0 saturated carbocycles. The third kappa shape index (κ3) is 4.07. The molecule has 5 heteroatoms. The SMILES string of the molecule is CC(C)[C@@H](NCc1cnc(C(C)(C)C)s1)C(=O)O. The molecule has 4 nitrogen and oxygen atoms in total. The third-order valence-corrected chi connectivity index (χ3v) is 4.05. The maximum absolute atomic E-state index is 11.1. The number of hydrogen-bond acceptors (Lipinski definition) is 4. The lowest BCUT2D eigenvalue weighted by Crippen LogP contribution is -2.40. The minimum Gasteiger partial charge on any atom is -0.480 e. The van der Waals surface area contributed by atoms with Crippen molar-refractivity contribution < 1.29 is 9.90 Å². The van der Waals surface area contributed by atoms with E-state index in [1.54, 1.807) is 11.3 Å². The summed E-state index contributed by atoms with van der Waals surface area (Å²) in [6.07, 6.45) is 1.83. The van der Waals surface area contributed by atoms with Gasteiger partial charge in [0, 0.05) is 23.0 Å². The topological polar surface area (TPSA) is 62.2 Å². The van der Waals surface area contributed by atoms with Crippen LogP contribution in [0.1, 0.15) is 44.5 Å². The number of thiazole rings is 1. The van der Waals surface area contributed by atoms with Gasteiger partial charge >= 0.3 is 5.97 Å². The largest absolute Gasteiger partial charge is 0.480 e. The van der Waals surface area contributed by atoms with Crippen LogP contribution in [0.5, 0.6) is 0 Å². The highest BCUT2D eigenvalue weighted by atomic mass is 32.1. The molecule has 1 rings (SSSR count). The van der Waals surface area contributed by atoms with Gasteiger partial charge in [-0.25, -0.2) is 4.98 Å². The van der Waals surface area contributed by atoms with Gasteiger partial charge in [-0.3, -0.25) is 10.1 Å². The van der Waals surface area contributed by atoms with Crippen LogP contribution >= 0.6 is 11.3 Å². The lowest BCUT2D eigenvalue weighted by Gasteiger charge is -2.17. The molecule has 0 aliphatic rings. The number of rotatable bonds is 5. The van der Waals surface area contributed by atoms with Gasteiger partial charge in [-0.1, -0.05) is 34.6 Å². The van der Waals surface area contributed by atoms with Gasteiger partial charge in [0.2, 0.25) is 0 Å². The Bertz CT molecular complexity index is 407. The van der Waals surface area contributed by atoms with Gasteiger partial charge in [0.15, 0.2) is 0 Å². The van der Waals surface area contributed by atoms with E-state index in [0.29, 0.717) is 6.54 Å². The highest BCUT2D eigenvalue weighted by Gasteiger charge is 2.22. The number of carboxylic acids is 1. The highest BCUT2D eigenvalue weighted by Crippen LogP contribution is 2.26. The number of carboxylic acid groups (broad SMARTS) is 1. The Morgan fingerprint density at radius 2 is 2.11 bits per heavy atom. The molecule has 0 radical (unpaired) electrons. The van der Waals surface area contributed by atoms with E-state index in [0.717, 1.165) is 9.88 Å². The first-order valence-electron chi connectivity index (χ1n) is 6.13. The van der Waals surface area contributed by atoms with Crippen LogP contribution in [0, 0.1) is 5.92 Å². The molecule has 102 valence electrons. The molecule has 1 atom stereocenters. The fourth-order valence-corrected chi connectivity index (χ4v) is 2.48. The van der Waals surface area contributed by atoms with E-state index in [-0.39, 0.29) is 11.3 Å². The van der Waals surface area contributed by atoms with Gasteiger partial charge in [0.25, 0.3) is 0 Å². The predicted molar refractivity (Wildman–Crippen MR) is 73.9 cm³/mol. The van der Waals surface area contributed by atoms with Crippen LogP contribution in [0.4, 0.5) is 0 Å². The van der Waals surface area contributed by atoms with Crippen LogP contribution in [0.3, 0.4) is 0 Å². The normalized spacial score (nSPS) is 13.9. The van der Waals surface area contributed by atoms with Crippen molar-refractivity contribution in [1.29, 1.82) is 0 Å². The zero-order chi connectivity index (χ0) is 13.9. The summed E-state index contributed by atoms with van der Waals surface area (Å²) < 4.78 is 0. The van der Waals surface area contributed by atoms with Gasteiger partial charge < -0.3 is 5.11 Å². The van der Waals surface area contributed by atoms with Crippen molar-refractivity contribution >= 4 is 17.3 Å². The number of aliphatic carboxylic acids is 1. The van der Waals surface area contributed by atoms with Crippen molar-refractivity contribution in [2.24, 2.45) is 5.92 Å². The predicted octanol–water partition coefficient (Wildman–Crippen LogP) is 2.64. The van der Waals surface area contributed by atoms with E-state index in [1.165, 1.54) is 0 Å². The van der Waals surface area contributed by atoms with Crippen molar-refractivity contribution in [3.05, 3.63) is 16.1 Å². The Labute approximate surface area is 112 Å². The summed E-state index contributed by atoms with van der Waals surface area (Å²) in [4.78, 5) is 16.5. The zero-order valence-corrected chi connectivity index (χ0v) is 12.5. The molecular weight excluding hydrogens is 248 g/mol. The monoisotopic (exact) mass is 270 g/mol. The van der Waals surface area contributed by atoms with Crippen molar-refractivity contribution in [3.63, 3.8) is 0 Å². The molecule has 0 bridgehead atoms. The fourth-order valence-electron chi connectivity index (χ4n) is 1.55. The van der Waals surface area contributed by atoms with Crippen LogP contribution in [0.25, 0.3) is 0 Å². The molecule has 0 aliphatic heterocycles. The number of nitrogens with one attached hydrogen (secondary N) is 1. The molecule has 0 aliphatic carbocycles. The number of carbonyl (C=O) groups is 1. The summed E-state index contributed by atoms with van der Waals surface area (Å²) in [7, 11) is 0. The molecule has 0 aromatic carbocycles. The fraction of sp³-hybridized carbons (Fsp3) is 0.692. The Hall–Kier alpha value is -0.940. The molecule has 2 N–H and O–H groups in total. The van der Waals surface area contributed by atoms with Crippen molar-refractivity contribution in [2.75, 3.05) is 0 Å². The lowest BCUT2D eigenvalue weighted by molar-refractivity contribution is -0.140. The second kappa shape index (κ2) is 5.80. The molecule has 0 spiro atoms. The first kappa shape index (κ1) is 15.1. The second-order valence-corrected chi connectivity index (χ2v) is 6.94. The van der Waals surface area contributed by atoms with Crippen molar-refractivity contribution in [2.45, 2.75) is 52.6 Å². The van der Waals surface area contributed by atoms with Gasteiger partial charge in [-0.15, -0.1) is 11.3 Å².